The number of aryl methyl sites for hydroxylation is 3. The summed E-state index contributed by atoms with van der Waals surface area (Å²) in [7, 11) is 1.98. The summed E-state index contributed by atoms with van der Waals surface area (Å²) in [5.74, 6) is 1.70. The van der Waals surface area contributed by atoms with E-state index >= 15 is 0 Å². The standard InChI is InChI=1S/C18H28N6S/c1-5-19-18(20-10-17-13(2)22-14(3)25-17)24-7-6-15(12-24)8-16-9-21-23(4)11-16/h9,11,15H,5-8,10,12H2,1-4H3,(H,19,20). The lowest BCUT2D eigenvalue weighted by atomic mass is 10.0. The summed E-state index contributed by atoms with van der Waals surface area (Å²) in [5.41, 5.74) is 2.44. The van der Waals surface area contributed by atoms with Gasteiger partial charge in [0.1, 0.15) is 0 Å². The molecular weight excluding hydrogens is 332 g/mol. The summed E-state index contributed by atoms with van der Waals surface area (Å²) in [6.45, 7) is 9.98. The summed E-state index contributed by atoms with van der Waals surface area (Å²) in [6.07, 6.45) is 6.41. The van der Waals surface area contributed by atoms with Crippen molar-refractivity contribution in [3.8, 4) is 0 Å². The number of guanidine groups is 1. The van der Waals surface area contributed by atoms with E-state index in [4.69, 9.17) is 4.99 Å². The maximum absolute atomic E-state index is 4.87. The zero-order chi connectivity index (χ0) is 17.8. The van der Waals surface area contributed by atoms with Crippen LogP contribution in [0.25, 0.3) is 0 Å². The van der Waals surface area contributed by atoms with E-state index in [1.165, 1.54) is 16.9 Å². The molecule has 7 heteroatoms. The molecule has 0 saturated carbocycles. The highest BCUT2D eigenvalue weighted by Crippen LogP contribution is 2.22. The average molecular weight is 361 g/mol. The monoisotopic (exact) mass is 360 g/mol. The van der Waals surface area contributed by atoms with Crippen molar-refractivity contribution in [1.29, 1.82) is 0 Å². The Morgan fingerprint density at radius 2 is 2.28 bits per heavy atom. The predicted octanol–water partition coefficient (Wildman–Crippen LogP) is 2.52. The van der Waals surface area contributed by atoms with Crippen molar-refractivity contribution in [3.05, 3.63) is 33.5 Å². The molecule has 1 fully saturated rings. The molecule has 3 heterocycles. The molecule has 0 spiro atoms. The van der Waals surface area contributed by atoms with Crippen molar-refractivity contribution in [2.75, 3.05) is 19.6 Å². The Morgan fingerprint density at radius 3 is 2.92 bits per heavy atom. The van der Waals surface area contributed by atoms with Crippen LogP contribution in [0.4, 0.5) is 0 Å². The molecule has 1 saturated heterocycles. The van der Waals surface area contributed by atoms with Crippen molar-refractivity contribution in [1.82, 2.24) is 25.0 Å². The van der Waals surface area contributed by atoms with Gasteiger partial charge in [-0.15, -0.1) is 11.3 Å². The quantitative estimate of drug-likeness (QED) is 0.657. The molecule has 136 valence electrons. The van der Waals surface area contributed by atoms with E-state index in [-0.39, 0.29) is 0 Å². The molecule has 6 nitrogen and oxygen atoms in total. The number of likely N-dealkylation sites (tertiary alicyclic amines) is 1. The van der Waals surface area contributed by atoms with Crippen molar-refractivity contribution < 1.29 is 0 Å². The van der Waals surface area contributed by atoms with Gasteiger partial charge in [0.25, 0.3) is 0 Å². The molecular formula is C18H28N6S. The SMILES string of the molecule is CCNC(=NCc1sc(C)nc1C)N1CCC(Cc2cnn(C)c2)C1. The molecule has 0 radical (unpaired) electrons. The molecule has 1 aliphatic rings. The van der Waals surface area contributed by atoms with Gasteiger partial charge < -0.3 is 10.2 Å². The maximum atomic E-state index is 4.87. The molecule has 1 atom stereocenters. The molecule has 2 aromatic rings. The first-order valence-electron chi connectivity index (χ1n) is 8.98. The highest BCUT2D eigenvalue weighted by molar-refractivity contribution is 7.11. The van der Waals surface area contributed by atoms with E-state index in [2.05, 4.69) is 47.3 Å². The zero-order valence-electron chi connectivity index (χ0n) is 15.6. The lowest BCUT2D eigenvalue weighted by Crippen LogP contribution is -2.40. The summed E-state index contributed by atoms with van der Waals surface area (Å²) in [4.78, 5) is 13.0. The first-order valence-corrected chi connectivity index (χ1v) is 9.80. The third kappa shape index (κ3) is 4.60. The van der Waals surface area contributed by atoms with E-state index < -0.39 is 0 Å². The second-order valence-corrected chi connectivity index (χ2v) is 8.03. The van der Waals surface area contributed by atoms with Gasteiger partial charge in [0.15, 0.2) is 5.96 Å². The number of nitrogens with one attached hydrogen (secondary N) is 1. The number of hydrogen-bond acceptors (Lipinski definition) is 4. The predicted molar refractivity (Wildman–Crippen MR) is 103 cm³/mol. The summed E-state index contributed by atoms with van der Waals surface area (Å²) in [5, 5.41) is 8.85. The van der Waals surface area contributed by atoms with Crippen molar-refractivity contribution >= 4 is 17.3 Å². The second-order valence-electron chi connectivity index (χ2n) is 6.74. The molecule has 25 heavy (non-hydrogen) atoms. The minimum Gasteiger partial charge on any atom is -0.357 e. The first kappa shape index (κ1) is 17.9. The van der Waals surface area contributed by atoms with Crippen LogP contribution in [0.5, 0.6) is 0 Å². The van der Waals surface area contributed by atoms with E-state index in [1.54, 1.807) is 11.3 Å². The van der Waals surface area contributed by atoms with E-state index in [1.807, 2.05) is 17.9 Å². The van der Waals surface area contributed by atoms with Crippen LogP contribution in [-0.2, 0) is 20.0 Å². The van der Waals surface area contributed by atoms with Crippen LogP contribution in [0, 0.1) is 19.8 Å². The van der Waals surface area contributed by atoms with Crippen LogP contribution in [0.1, 0.15) is 34.5 Å². The van der Waals surface area contributed by atoms with E-state index in [9.17, 15) is 0 Å². The summed E-state index contributed by atoms with van der Waals surface area (Å²) in [6, 6.07) is 0. The Morgan fingerprint density at radius 1 is 1.44 bits per heavy atom. The van der Waals surface area contributed by atoms with Gasteiger partial charge in [-0.2, -0.15) is 5.10 Å². The third-order valence-electron chi connectivity index (χ3n) is 4.58. The Bertz CT molecular complexity index is 732. The number of rotatable bonds is 5. The lowest BCUT2D eigenvalue weighted by Gasteiger charge is -2.21. The molecule has 1 N–H and O–H groups in total. The highest BCUT2D eigenvalue weighted by atomic mass is 32.1. The van der Waals surface area contributed by atoms with Crippen LogP contribution in [0.3, 0.4) is 0 Å². The van der Waals surface area contributed by atoms with Gasteiger partial charge >= 0.3 is 0 Å². The average Bonchev–Trinajstić information content (AvgIpc) is 3.26. The third-order valence-corrected chi connectivity index (χ3v) is 5.63. The second kappa shape index (κ2) is 7.99. The molecule has 0 aromatic carbocycles. The van der Waals surface area contributed by atoms with Crippen molar-refractivity contribution in [2.45, 2.75) is 40.2 Å². The van der Waals surface area contributed by atoms with Crippen LogP contribution in [-0.4, -0.2) is 45.3 Å². The van der Waals surface area contributed by atoms with Crippen molar-refractivity contribution in [2.24, 2.45) is 18.0 Å². The number of hydrogen-bond donors (Lipinski definition) is 1. The number of thiazole rings is 1. The Labute approximate surface area is 154 Å². The van der Waals surface area contributed by atoms with E-state index in [0.717, 1.165) is 42.7 Å². The van der Waals surface area contributed by atoms with Gasteiger partial charge in [0.05, 0.1) is 23.4 Å². The fourth-order valence-corrected chi connectivity index (χ4v) is 4.26. The molecule has 0 aliphatic carbocycles. The number of aromatic nitrogens is 3. The summed E-state index contributed by atoms with van der Waals surface area (Å²) < 4.78 is 1.88. The van der Waals surface area contributed by atoms with Crippen LogP contribution >= 0.6 is 11.3 Å². The van der Waals surface area contributed by atoms with Gasteiger partial charge in [-0.25, -0.2) is 9.98 Å². The molecule has 1 aliphatic heterocycles. The first-order chi connectivity index (χ1) is 12.0. The molecule has 3 rings (SSSR count). The zero-order valence-corrected chi connectivity index (χ0v) is 16.4. The Hall–Kier alpha value is -1.89. The molecule has 1 unspecified atom stereocenters. The molecule has 0 bridgehead atoms. The van der Waals surface area contributed by atoms with Gasteiger partial charge in [-0.05, 0) is 45.1 Å². The van der Waals surface area contributed by atoms with Gasteiger partial charge in [-0.1, -0.05) is 0 Å². The Balaban J connectivity index is 1.62. The van der Waals surface area contributed by atoms with Gasteiger partial charge in [-0.3, -0.25) is 4.68 Å². The molecule has 2 aromatic heterocycles. The fraction of sp³-hybridized carbons (Fsp3) is 0.611. The van der Waals surface area contributed by atoms with Gasteiger partial charge in [0.2, 0.25) is 0 Å². The minimum absolute atomic E-state index is 0.667. The van der Waals surface area contributed by atoms with E-state index in [0.29, 0.717) is 12.5 Å². The number of nitrogens with zero attached hydrogens (tertiary/aromatic N) is 5. The Kier molecular flexibility index (Phi) is 5.73. The lowest BCUT2D eigenvalue weighted by molar-refractivity contribution is 0.460. The normalized spacial score (nSPS) is 18.2. The summed E-state index contributed by atoms with van der Waals surface area (Å²) >= 11 is 1.75. The molecule has 0 amide bonds. The smallest absolute Gasteiger partial charge is 0.194 e. The van der Waals surface area contributed by atoms with Crippen LogP contribution in [0.15, 0.2) is 17.4 Å². The topological polar surface area (TPSA) is 58.3 Å². The number of aliphatic imine (C=N–C) groups is 1. The van der Waals surface area contributed by atoms with Gasteiger partial charge in [0, 0.05) is 37.8 Å². The fourth-order valence-electron chi connectivity index (χ4n) is 3.39. The van der Waals surface area contributed by atoms with Crippen molar-refractivity contribution in [3.63, 3.8) is 0 Å². The largest absolute Gasteiger partial charge is 0.357 e. The maximum Gasteiger partial charge on any atom is 0.194 e. The van der Waals surface area contributed by atoms with Crippen LogP contribution in [0.2, 0.25) is 0 Å². The van der Waals surface area contributed by atoms with Crippen LogP contribution < -0.4 is 5.32 Å². The highest BCUT2D eigenvalue weighted by Gasteiger charge is 2.25. The minimum atomic E-state index is 0.667.